The van der Waals surface area contributed by atoms with Gasteiger partial charge in [0.25, 0.3) is 5.91 Å². The number of hydrogen-bond acceptors (Lipinski definition) is 4. The molecule has 0 bridgehead atoms. The number of amides is 2. The van der Waals surface area contributed by atoms with Crippen molar-refractivity contribution in [3.8, 4) is 0 Å². The minimum Gasteiger partial charge on any atom is -0.369 e. The van der Waals surface area contributed by atoms with Gasteiger partial charge in [-0.05, 0) is 26.7 Å². The highest BCUT2D eigenvalue weighted by Gasteiger charge is 2.46. The minimum atomic E-state index is -0.885. The summed E-state index contributed by atoms with van der Waals surface area (Å²) in [5.74, 6) is -0.653. The van der Waals surface area contributed by atoms with Crippen LogP contribution in [0.4, 0.5) is 0 Å². The van der Waals surface area contributed by atoms with Gasteiger partial charge in [0.1, 0.15) is 5.54 Å². The van der Waals surface area contributed by atoms with Crippen LogP contribution in [0.5, 0.6) is 0 Å². The van der Waals surface area contributed by atoms with Crippen molar-refractivity contribution in [2.45, 2.75) is 63.7 Å². The van der Waals surface area contributed by atoms with Crippen LogP contribution in [0.25, 0.3) is 0 Å². The van der Waals surface area contributed by atoms with Crippen LogP contribution in [0.15, 0.2) is 0 Å². The Balaban J connectivity index is 1.99. The molecule has 0 spiro atoms. The van der Waals surface area contributed by atoms with E-state index >= 15 is 0 Å². The van der Waals surface area contributed by atoms with Gasteiger partial charge in [0, 0.05) is 26.1 Å². The SMILES string of the molecule is C[C@@H]1Cc2c(C(=O)N(C)C3(C(N)=O)CCCC3)nn(C)c2[C@H](C)O1. The maximum Gasteiger partial charge on any atom is 0.275 e. The van der Waals surface area contributed by atoms with Crippen molar-refractivity contribution in [1.29, 1.82) is 0 Å². The van der Waals surface area contributed by atoms with Gasteiger partial charge in [0.05, 0.1) is 17.9 Å². The topological polar surface area (TPSA) is 90.5 Å². The molecule has 0 radical (unpaired) electrons. The lowest BCUT2D eigenvalue weighted by Crippen LogP contribution is -2.56. The van der Waals surface area contributed by atoms with Crippen LogP contribution in [0.1, 0.15) is 67.4 Å². The first-order chi connectivity index (χ1) is 11.3. The Morgan fingerprint density at radius 3 is 2.54 bits per heavy atom. The zero-order valence-corrected chi connectivity index (χ0v) is 14.8. The fourth-order valence-corrected chi connectivity index (χ4v) is 4.27. The third kappa shape index (κ3) is 2.42. The zero-order chi connectivity index (χ0) is 17.6. The second-order valence-electron chi connectivity index (χ2n) is 7.10. The molecule has 1 aromatic heterocycles. The lowest BCUT2D eigenvalue weighted by molar-refractivity contribution is -0.127. The Morgan fingerprint density at radius 1 is 1.33 bits per heavy atom. The summed E-state index contributed by atoms with van der Waals surface area (Å²) in [6.45, 7) is 3.96. The second kappa shape index (κ2) is 5.88. The maximum atomic E-state index is 13.1. The molecule has 2 heterocycles. The van der Waals surface area contributed by atoms with Crippen molar-refractivity contribution in [2.75, 3.05) is 7.05 Å². The summed E-state index contributed by atoms with van der Waals surface area (Å²) in [7, 11) is 3.50. The number of fused-ring (bicyclic) bond motifs is 1. The predicted octanol–water partition coefficient (Wildman–Crippen LogP) is 1.31. The highest BCUT2D eigenvalue weighted by Crippen LogP contribution is 2.37. The lowest BCUT2D eigenvalue weighted by atomic mass is 9.93. The molecule has 2 atom stereocenters. The number of nitrogens with zero attached hydrogens (tertiary/aromatic N) is 3. The first-order valence-corrected chi connectivity index (χ1v) is 8.57. The quantitative estimate of drug-likeness (QED) is 0.902. The number of aryl methyl sites for hydroxylation is 1. The zero-order valence-electron chi connectivity index (χ0n) is 14.8. The van der Waals surface area contributed by atoms with Gasteiger partial charge in [-0.3, -0.25) is 14.3 Å². The van der Waals surface area contributed by atoms with Gasteiger partial charge in [-0.25, -0.2) is 0 Å². The van der Waals surface area contributed by atoms with Crippen molar-refractivity contribution < 1.29 is 14.3 Å². The van der Waals surface area contributed by atoms with Crippen molar-refractivity contribution in [3.05, 3.63) is 17.0 Å². The third-order valence-electron chi connectivity index (χ3n) is 5.55. The van der Waals surface area contributed by atoms with Crippen LogP contribution >= 0.6 is 0 Å². The number of nitrogens with two attached hydrogens (primary N) is 1. The smallest absolute Gasteiger partial charge is 0.275 e. The summed E-state index contributed by atoms with van der Waals surface area (Å²) in [5.41, 5.74) is 7.06. The van der Waals surface area contributed by atoms with E-state index in [1.165, 1.54) is 4.90 Å². The molecule has 2 amide bonds. The van der Waals surface area contributed by atoms with E-state index in [4.69, 9.17) is 10.5 Å². The third-order valence-corrected chi connectivity index (χ3v) is 5.55. The molecule has 1 aliphatic heterocycles. The summed E-state index contributed by atoms with van der Waals surface area (Å²) in [6.07, 6.45) is 3.62. The normalized spacial score (nSPS) is 25.3. The van der Waals surface area contributed by atoms with E-state index in [-0.39, 0.29) is 18.1 Å². The lowest BCUT2D eigenvalue weighted by Gasteiger charge is -2.36. The molecule has 132 valence electrons. The number of likely N-dealkylation sites (N-methyl/N-ethyl adjacent to an activating group) is 1. The minimum absolute atomic E-state index is 0.0325. The summed E-state index contributed by atoms with van der Waals surface area (Å²) in [6, 6.07) is 0. The molecular weight excluding hydrogens is 308 g/mol. The van der Waals surface area contributed by atoms with Gasteiger partial charge in [0.15, 0.2) is 5.69 Å². The summed E-state index contributed by atoms with van der Waals surface area (Å²) in [5, 5.41) is 4.45. The molecule has 2 N–H and O–H groups in total. The molecule has 7 heteroatoms. The van der Waals surface area contributed by atoms with Gasteiger partial charge >= 0.3 is 0 Å². The van der Waals surface area contributed by atoms with E-state index in [2.05, 4.69) is 5.10 Å². The van der Waals surface area contributed by atoms with Crippen molar-refractivity contribution in [2.24, 2.45) is 12.8 Å². The van der Waals surface area contributed by atoms with E-state index < -0.39 is 11.4 Å². The molecule has 24 heavy (non-hydrogen) atoms. The predicted molar refractivity (Wildman–Crippen MR) is 88.4 cm³/mol. The van der Waals surface area contributed by atoms with Crippen molar-refractivity contribution >= 4 is 11.8 Å². The average molecular weight is 334 g/mol. The van der Waals surface area contributed by atoms with Crippen molar-refractivity contribution in [3.63, 3.8) is 0 Å². The molecule has 7 nitrogen and oxygen atoms in total. The molecule has 0 unspecified atom stereocenters. The van der Waals surface area contributed by atoms with Gasteiger partial charge in [-0.1, -0.05) is 12.8 Å². The number of rotatable bonds is 3. The monoisotopic (exact) mass is 334 g/mol. The molecule has 0 saturated heterocycles. The molecule has 1 aliphatic carbocycles. The average Bonchev–Trinajstić information content (AvgIpc) is 3.11. The number of carbonyl (C=O) groups is 2. The van der Waals surface area contributed by atoms with Gasteiger partial charge in [-0.15, -0.1) is 0 Å². The first-order valence-electron chi connectivity index (χ1n) is 8.57. The van der Waals surface area contributed by atoms with E-state index in [1.54, 1.807) is 11.7 Å². The number of ether oxygens (including phenoxy) is 1. The largest absolute Gasteiger partial charge is 0.369 e. The van der Waals surface area contributed by atoms with E-state index in [1.807, 2.05) is 20.9 Å². The highest BCUT2D eigenvalue weighted by atomic mass is 16.5. The number of aromatic nitrogens is 2. The van der Waals surface area contributed by atoms with Crippen LogP contribution < -0.4 is 5.73 Å². The maximum absolute atomic E-state index is 13.1. The van der Waals surface area contributed by atoms with E-state index in [0.717, 1.165) is 24.1 Å². The van der Waals surface area contributed by atoms with Crippen LogP contribution in [0, 0.1) is 0 Å². The van der Waals surface area contributed by atoms with Crippen LogP contribution in [-0.4, -0.2) is 45.2 Å². The fraction of sp³-hybridized carbons (Fsp3) is 0.706. The number of primary amides is 1. The Hall–Kier alpha value is -1.89. The Bertz CT molecular complexity index is 676. The molecule has 3 rings (SSSR count). The standard InChI is InChI=1S/C17H26N4O3/c1-10-9-12-13(19-21(4)14(12)11(2)24-10)15(22)20(3)17(16(18)23)7-5-6-8-17/h10-11H,5-9H2,1-4H3,(H2,18,23)/t10-,11+/m1/s1. The Labute approximate surface area is 142 Å². The first kappa shape index (κ1) is 17.0. The molecule has 1 fully saturated rings. The molecule has 1 saturated carbocycles. The number of carbonyl (C=O) groups excluding carboxylic acids is 2. The van der Waals surface area contributed by atoms with Gasteiger partial charge in [-0.2, -0.15) is 5.10 Å². The van der Waals surface area contributed by atoms with E-state index in [9.17, 15) is 9.59 Å². The van der Waals surface area contributed by atoms with Crippen LogP contribution in [-0.2, 0) is 23.0 Å². The van der Waals surface area contributed by atoms with Gasteiger partial charge in [0.2, 0.25) is 5.91 Å². The Kier molecular flexibility index (Phi) is 4.15. The summed E-state index contributed by atoms with van der Waals surface area (Å²) in [4.78, 5) is 26.7. The van der Waals surface area contributed by atoms with Crippen LogP contribution in [0.2, 0.25) is 0 Å². The summed E-state index contributed by atoms with van der Waals surface area (Å²) < 4.78 is 7.57. The van der Waals surface area contributed by atoms with Crippen LogP contribution in [0.3, 0.4) is 0 Å². The van der Waals surface area contributed by atoms with Crippen molar-refractivity contribution in [1.82, 2.24) is 14.7 Å². The summed E-state index contributed by atoms with van der Waals surface area (Å²) >= 11 is 0. The number of hydrogen-bond donors (Lipinski definition) is 1. The molecule has 0 aromatic carbocycles. The molecule has 2 aliphatic rings. The second-order valence-corrected chi connectivity index (χ2v) is 7.10. The van der Waals surface area contributed by atoms with Gasteiger partial charge < -0.3 is 15.4 Å². The fourth-order valence-electron chi connectivity index (χ4n) is 4.27. The Morgan fingerprint density at radius 2 is 1.96 bits per heavy atom. The molecular formula is C17H26N4O3. The highest BCUT2D eigenvalue weighted by molar-refractivity contribution is 5.98. The molecule has 1 aromatic rings. The van der Waals surface area contributed by atoms with E-state index in [0.29, 0.717) is 25.0 Å².